The van der Waals surface area contributed by atoms with Gasteiger partial charge in [0.2, 0.25) is 0 Å². The van der Waals surface area contributed by atoms with E-state index in [9.17, 15) is 4.79 Å². The summed E-state index contributed by atoms with van der Waals surface area (Å²) < 4.78 is 16.6. The van der Waals surface area contributed by atoms with Crippen LogP contribution in [0.2, 0.25) is 0 Å². The van der Waals surface area contributed by atoms with Gasteiger partial charge in [-0.15, -0.1) is 0 Å². The molecule has 1 unspecified atom stereocenters. The summed E-state index contributed by atoms with van der Waals surface area (Å²) in [5, 5.41) is 7.00. The Morgan fingerprint density at radius 2 is 1.66 bits per heavy atom. The molecule has 6 heteroatoms. The zero-order valence-corrected chi connectivity index (χ0v) is 19.5. The van der Waals surface area contributed by atoms with Crippen LogP contribution < -0.4 is 14.8 Å². The molecule has 0 fully saturated rings. The fraction of sp³-hybridized carbons (Fsp3) is 0.385. The third-order valence-electron chi connectivity index (χ3n) is 5.22. The first-order chi connectivity index (χ1) is 15.3. The number of benzene rings is 2. The lowest BCUT2D eigenvalue weighted by atomic mass is 10.1. The van der Waals surface area contributed by atoms with Gasteiger partial charge in [-0.3, -0.25) is 4.79 Å². The van der Waals surface area contributed by atoms with E-state index in [4.69, 9.17) is 14.0 Å². The lowest BCUT2D eigenvalue weighted by Gasteiger charge is -2.15. The van der Waals surface area contributed by atoms with Gasteiger partial charge in [-0.1, -0.05) is 17.3 Å². The summed E-state index contributed by atoms with van der Waals surface area (Å²) in [6, 6.07) is 15.4. The molecule has 3 aromatic rings. The van der Waals surface area contributed by atoms with Gasteiger partial charge in [0.25, 0.3) is 5.91 Å². The van der Waals surface area contributed by atoms with Crippen molar-refractivity contribution in [3.8, 4) is 11.5 Å². The van der Waals surface area contributed by atoms with Crippen molar-refractivity contribution in [2.24, 2.45) is 0 Å². The minimum atomic E-state index is -0.0875. The van der Waals surface area contributed by atoms with E-state index in [0.717, 1.165) is 35.6 Å². The Bertz CT molecular complexity index is 988. The quantitative estimate of drug-likeness (QED) is 0.460. The third-order valence-corrected chi connectivity index (χ3v) is 5.22. The zero-order chi connectivity index (χ0) is 23.1. The summed E-state index contributed by atoms with van der Waals surface area (Å²) in [7, 11) is 0. The van der Waals surface area contributed by atoms with Gasteiger partial charge in [0.1, 0.15) is 23.9 Å². The van der Waals surface area contributed by atoms with Crippen molar-refractivity contribution in [3.05, 3.63) is 76.7 Å². The highest BCUT2D eigenvalue weighted by molar-refractivity contribution is 5.94. The molecule has 6 nitrogen and oxygen atoms in total. The number of carbonyl (C=O) groups excluding carboxylic acids is 1. The van der Waals surface area contributed by atoms with Crippen molar-refractivity contribution in [3.63, 3.8) is 0 Å². The first-order valence-electron chi connectivity index (χ1n) is 11.0. The summed E-state index contributed by atoms with van der Waals surface area (Å²) in [6.07, 6.45) is 1.91. The third kappa shape index (κ3) is 6.61. The number of nitrogens with zero attached hydrogens (tertiary/aromatic N) is 1. The lowest BCUT2D eigenvalue weighted by Crippen LogP contribution is -2.32. The van der Waals surface area contributed by atoms with Crippen LogP contribution in [-0.4, -0.2) is 23.2 Å². The van der Waals surface area contributed by atoms with E-state index in [1.54, 1.807) is 24.3 Å². The van der Waals surface area contributed by atoms with Crippen LogP contribution in [0.25, 0.3) is 0 Å². The van der Waals surface area contributed by atoms with Crippen LogP contribution in [0.5, 0.6) is 11.5 Å². The number of amides is 1. The van der Waals surface area contributed by atoms with E-state index in [-0.39, 0.29) is 18.1 Å². The monoisotopic (exact) mass is 436 g/mol. The van der Waals surface area contributed by atoms with Crippen molar-refractivity contribution >= 4 is 5.91 Å². The Balaban J connectivity index is 1.45. The van der Waals surface area contributed by atoms with Crippen molar-refractivity contribution in [1.29, 1.82) is 0 Å². The van der Waals surface area contributed by atoms with E-state index in [0.29, 0.717) is 17.9 Å². The van der Waals surface area contributed by atoms with Crippen LogP contribution in [0.15, 0.2) is 53.1 Å². The van der Waals surface area contributed by atoms with E-state index in [1.807, 2.05) is 46.8 Å². The van der Waals surface area contributed by atoms with Crippen LogP contribution in [0.3, 0.4) is 0 Å². The first kappa shape index (κ1) is 23.4. The van der Waals surface area contributed by atoms with Crippen molar-refractivity contribution in [1.82, 2.24) is 10.5 Å². The number of hydrogen-bond donors (Lipinski definition) is 1. The number of aromatic nitrogens is 1. The Morgan fingerprint density at radius 3 is 2.25 bits per heavy atom. The first-order valence-corrected chi connectivity index (χ1v) is 11.0. The lowest BCUT2D eigenvalue weighted by molar-refractivity contribution is 0.0938. The molecular weight excluding hydrogens is 404 g/mol. The fourth-order valence-corrected chi connectivity index (χ4v) is 3.34. The number of carbonyl (C=O) groups is 1. The molecule has 1 heterocycles. The molecule has 32 heavy (non-hydrogen) atoms. The smallest absolute Gasteiger partial charge is 0.251 e. The van der Waals surface area contributed by atoms with Gasteiger partial charge >= 0.3 is 0 Å². The van der Waals surface area contributed by atoms with Gasteiger partial charge in [0.15, 0.2) is 0 Å². The Morgan fingerprint density at radius 1 is 1.00 bits per heavy atom. The minimum Gasteiger partial charge on any atom is -0.491 e. The predicted molar refractivity (Wildman–Crippen MR) is 124 cm³/mol. The van der Waals surface area contributed by atoms with Crippen LogP contribution in [-0.2, 0) is 13.0 Å². The molecule has 0 radical (unpaired) electrons. The molecular formula is C26H32N2O4. The number of ether oxygens (including phenoxy) is 2. The molecule has 0 saturated carbocycles. The minimum absolute atomic E-state index is 0.0598. The molecule has 0 aliphatic carbocycles. The maximum atomic E-state index is 12.6. The molecule has 3 rings (SSSR count). The highest BCUT2D eigenvalue weighted by atomic mass is 16.5. The van der Waals surface area contributed by atoms with Gasteiger partial charge in [-0.05, 0) is 89.4 Å². The maximum Gasteiger partial charge on any atom is 0.251 e. The van der Waals surface area contributed by atoms with Crippen molar-refractivity contribution < 1.29 is 18.8 Å². The molecule has 0 bridgehead atoms. The fourth-order valence-electron chi connectivity index (χ4n) is 3.34. The highest BCUT2D eigenvalue weighted by Gasteiger charge is 2.12. The predicted octanol–water partition coefficient (Wildman–Crippen LogP) is 5.41. The Labute approximate surface area is 189 Å². The largest absolute Gasteiger partial charge is 0.491 e. The number of nitrogens with one attached hydrogen (secondary N) is 1. The second-order valence-electron chi connectivity index (χ2n) is 8.34. The Kier molecular flexibility index (Phi) is 7.92. The Hall–Kier alpha value is -3.28. The average molecular weight is 437 g/mol. The number of aryl methyl sites for hydroxylation is 3. The standard InChI is InChI=1S/C26H32N2O4/c1-17(2)31-24-12-8-21(9-13-24)7-6-18(3)27-26(29)22-10-14-23(15-11-22)30-16-25-19(4)28-32-20(25)5/h8-15,17-18H,6-7,16H2,1-5H3,(H,27,29). The van der Waals surface area contributed by atoms with Crippen LogP contribution in [0, 0.1) is 13.8 Å². The van der Waals surface area contributed by atoms with E-state index in [2.05, 4.69) is 22.6 Å². The van der Waals surface area contributed by atoms with Crippen LogP contribution in [0.4, 0.5) is 0 Å². The number of rotatable bonds is 10. The molecule has 1 N–H and O–H groups in total. The highest BCUT2D eigenvalue weighted by Crippen LogP contribution is 2.18. The average Bonchev–Trinajstić information content (AvgIpc) is 3.09. The molecule has 0 aliphatic rings. The summed E-state index contributed by atoms with van der Waals surface area (Å²) in [4.78, 5) is 12.6. The number of hydrogen-bond acceptors (Lipinski definition) is 5. The molecule has 0 spiro atoms. The van der Waals surface area contributed by atoms with Crippen LogP contribution in [0.1, 0.15) is 60.1 Å². The van der Waals surface area contributed by atoms with Gasteiger partial charge in [-0.25, -0.2) is 0 Å². The maximum absolute atomic E-state index is 12.6. The normalized spacial score (nSPS) is 11.9. The second kappa shape index (κ2) is 10.8. The van der Waals surface area contributed by atoms with Crippen molar-refractivity contribution in [2.45, 2.75) is 66.2 Å². The molecule has 170 valence electrons. The van der Waals surface area contributed by atoms with Gasteiger partial charge < -0.3 is 19.3 Å². The molecule has 0 saturated heterocycles. The van der Waals surface area contributed by atoms with Gasteiger partial charge in [0.05, 0.1) is 17.4 Å². The second-order valence-corrected chi connectivity index (χ2v) is 8.34. The van der Waals surface area contributed by atoms with E-state index in [1.165, 1.54) is 5.56 Å². The molecule has 1 aromatic heterocycles. The van der Waals surface area contributed by atoms with Gasteiger partial charge in [-0.2, -0.15) is 0 Å². The summed E-state index contributed by atoms with van der Waals surface area (Å²) >= 11 is 0. The van der Waals surface area contributed by atoms with Gasteiger partial charge in [0, 0.05) is 11.6 Å². The SMILES string of the molecule is Cc1noc(C)c1COc1ccc(C(=O)NC(C)CCc2ccc(OC(C)C)cc2)cc1. The molecule has 2 aromatic carbocycles. The zero-order valence-electron chi connectivity index (χ0n) is 19.5. The molecule has 1 atom stereocenters. The molecule has 0 aliphatic heterocycles. The summed E-state index contributed by atoms with van der Waals surface area (Å²) in [5.74, 6) is 2.24. The molecule has 1 amide bonds. The summed E-state index contributed by atoms with van der Waals surface area (Å²) in [6.45, 7) is 10.2. The van der Waals surface area contributed by atoms with E-state index >= 15 is 0 Å². The summed E-state index contributed by atoms with van der Waals surface area (Å²) in [5.41, 5.74) is 3.61. The topological polar surface area (TPSA) is 73.6 Å². The van der Waals surface area contributed by atoms with Crippen LogP contribution >= 0.6 is 0 Å². The van der Waals surface area contributed by atoms with E-state index < -0.39 is 0 Å². The van der Waals surface area contributed by atoms with Crippen molar-refractivity contribution in [2.75, 3.05) is 0 Å².